The maximum atomic E-state index is 12.1. The number of rotatable bonds is 5. The first-order valence-corrected chi connectivity index (χ1v) is 7.70. The van der Waals surface area contributed by atoms with Gasteiger partial charge >= 0.3 is 0 Å². The molecule has 0 spiro atoms. The Kier molecular flexibility index (Phi) is 5.21. The van der Waals surface area contributed by atoms with Crippen LogP contribution in [0.2, 0.25) is 0 Å². The van der Waals surface area contributed by atoms with Crippen LogP contribution < -0.4 is 10.6 Å². The molecule has 0 heterocycles. The number of hydrogen-bond donors (Lipinski definition) is 2. The molecule has 3 nitrogen and oxygen atoms in total. The van der Waals surface area contributed by atoms with E-state index in [1.54, 1.807) is 0 Å². The van der Waals surface area contributed by atoms with Crippen molar-refractivity contribution in [3.05, 3.63) is 58.7 Å². The molecule has 2 aromatic carbocycles. The Hall–Kier alpha value is -2.29. The Labute approximate surface area is 132 Å². The predicted octanol–water partition coefficient (Wildman–Crippen LogP) is 4.22. The molecule has 0 saturated carbocycles. The van der Waals surface area contributed by atoms with Gasteiger partial charge in [-0.3, -0.25) is 4.79 Å². The minimum atomic E-state index is -0.0383. The van der Waals surface area contributed by atoms with Crippen molar-refractivity contribution in [2.75, 3.05) is 17.2 Å². The maximum Gasteiger partial charge on any atom is 0.243 e. The number of carbonyl (C=O) groups is 1. The summed E-state index contributed by atoms with van der Waals surface area (Å²) in [6.45, 7) is 8.58. The highest BCUT2D eigenvalue weighted by Gasteiger charge is 2.06. The molecule has 116 valence electrons. The Bertz CT molecular complexity index is 637. The van der Waals surface area contributed by atoms with Gasteiger partial charge in [0.15, 0.2) is 0 Å². The number of anilines is 2. The normalized spacial score (nSPS) is 10.4. The van der Waals surface area contributed by atoms with Crippen LogP contribution in [0.3, 0.4) is 0 Å². The van der Waals surface area contributed by atoms with E-state index < -0.39 is 0 Å². The fraction of sp³-hybridized carbons (Fsp3) is 0.316. The molecule has 0 aliphatic rings. The number of aryl methyl sites for hydroxylation is 4. The fourth-order valence-electron chi connectivity index (χ4n) is 2.66. The molecule has 0 aromatic heterocycles. The van der Waals surface area contributed by atoms with Crippen molar-refractivity contribution in [2.24, 2.45) is 0 Å². The summed E-state index contributed by atoms with van der Waals surface area (Å²) in [5.41, 5.74) is 6.71. The van der Waals surface area contributed by atoms with Gasteiger partial charge in [0.1, 0.15) is 0 Å². The maximum absolute atomic E-state index is 12.1. The van der Waals surface area contributed by atoms with Crippen LogP contribution in [0.4, 0.5) is 11.4 Å². The van der Waals surface area contributed by atoms with Crippen LogP contribution in [0.1, 0.15) is 29.2 Å². The van der Waals surface area contributed by atoms with Crippen LogP contribution >= 0.6 is 0 Å². The molecule has 0 fully saturated rings. The number of amides is 1. The second kappa shape index (κ2) is 7.12. The molecule has 0 aliphatic carbocycles. The van der Waals surface area contributed by atoms with Crippen LogP contribution in [-0.2, 0) is 11.2 Å². The van der Waals surface area contributed by atoms with Gasteiger partial charge in [0.2, 0.25) is 5.91 Å². The number of carbonyl (C=O) groups excluding carboxylic acids is 1. The summed E-state index contributed by atoms with van der Waals surface area (Å²) in [5, 5.41) is 6.15. The topological polar surface area (TPSA) is 41.1 Å². The zero-order valence-corrected chi connectivity index (χ0v) is 13.8. The average molecular weight is 296 g/mol. The summed E-state index contributed by atoms with van der Waals surface area (Å²) in [7, 11) is 0. The van der Waals surface area contributed by atoms with Gasteiger partial charge in [0.25, 0.3) is 0 Å². The third-order valence-electron chi connectivity index (χ3n) is 3.75. The first-order chi connectivity index (χ1) is 10.5. The standard InChI is InChI=1S/C19H24N2O/c1-5-16-6-8-17(9-7-16)21-18(22)12-20-19-14(3)10-13(2)11-15(19)4/h6-11,20H,5,12H2,1-4H3,(H,21,22). The first kappa shape index (κ1) is 16.1. The van der Waals surface area contributed by atoms with E-state index in [0.717, 1.165) is 28.9 Å². The highest BCUT2D eigenvalue weighted by Crippen LogP contribution is 2.21. The van der Waals surface area contributed by atoms with Crippen LogP contribution in [0, 0.1) is 20.8 Å². The van der Waals surface area contributed by atoms with Gasteiger partial charge in [-0.25, -0.2) is 0 Å². The van der Waals surface area contributed by atoms with E-state index in [1.165, 1.54) is 11.1 Å². The largest absolute Gasteiger partial charge is 0.376 e. The Morgan fingerprint density at radius 2 is 1.59 bits per heavy atom. The van der Waals surface area contributed by atoms with Gasteiger partial charge in [0.05, 0.1) is 6.54 Å². The number of nitrogens with one attached hydrogen (secondary N) is 2. The molecule has 2 N–H and O–H groups in total. The van der Waals surface area contributed by atoms with Gasteiger partial charge in [-0.05, 0) is 56.0 Å². The molecule has 0 unspecified atom stereocenters. The van der Waals surface area contributed by atoms with Crippen molar-refractivity contribution in [1.29, 1.82) is 0 Å². The van der Waals surface area contributed by atoms with Crippen molar-refractivity contribution in [1.82, 2.24) is 0 Å². The molecule has 22 heavy (non-hydrogen) atoms. The SMILES string of the molecule is CCc1ccc(NC(=O)CNc2c(C)cc(C)cc2C)cc1. The molecule has 0 saturated heterocycles. The summed E-state index contributed by atoms with van der Waals surface area (Å²) in [6, 6.07) is 12.2. The molecule has 3 heteroatoms. The molecule has 1 amide bonds. The van der Waals surface area contributed by atoms with Crippen molar-refractivity contribution < 1.29 is 4.79 Å². The first-order valence-electron chi connectivity index (χ1n) is 7.70. The lowest BCUT2D eigenvalue weighted by molar-refractivity contribution is -0.114. The van der Waals surface area contributed by atoms with Crippen molar-refractivity contribution in [2.45, 2.75) is 34.1 Å². The Morgan fingerprint density at radius 1 is 1.00 bits per heavy atom. The number of benzene rings is 2. The van der Waals surface area contributed by atoms with Crippen molar-refractivity contribution in [3.63, 3.8) is 0 Å². The summed E-state index contributed by atoms with van der Waals surface area (Å²) in [5.74, 6) is -0.0383. The van der Waals surface area contributed by atoms with Crippen LogP contribution in [0.15, 0.2) is 36.4 Å². The van der Waals surface area contributed by atoms with Gasteiger partial charge in [-0.15, -0.1) is 0 Å². The predicted molar refractivity (Wildman–Crippen MR) is 93.6 cm³/mol. The molecule has 0 radical (unpaired) electrons. The lowest BCUT2D eigenvalue weighted by atomic mass is 10.1. The third-order valence-corrected chi connectivity index (χ3v) is 3.75. The summed E-state index contributed by atoms with van der Waals surface area (Å²) < 4.78 is 0. The monoisotopic (exact) mass is 296 g/mol. The van der Waals surface area contributed by atoms with E-state index in [4.69, 9.17) is 0 Å². The summed E-state index contributed by atoms with van der Waals surface area (Å²) in [6.07, 6.45) is 1.00. The minimum absolute atomic E-state index is 0.0383. The third kappa shape index (κ3) is 4.10. The van der Waals surface area contributed by atoms with E-state index in [2.05, 4.69) is 50.5 Å². The molecular formula is C19H24N2O. The quantitative estimate of drug-likeness (QED) is 0.867. The van der Waals surface area contributed by atoms with E-state index in [9.17, 15) is 4.79 Å². The van der Waals surface area contributed by atoms with E-state index in [1.807, 2.05) is 24.3 Å². The van der Waals surface area contributed by atoms with Crippen LogP contribution in [0.25, 0.3) is 0 Å². The second-order valence-corrected chi connectivity index (χ2v) is 5.73. The van der Waals surface area contributed by atoms with Gasteiger partial charge in [-0.1, -0.05) is 36.8 Å². The van der Waals surface area contributed by atoms with Gasteiger partial charge in [0, 0.05) is 11.4 Å². The average Bonchev–Trinajstić information content (AvgIpc) is 2.47. The number of hydrogen-bond acceptors (Lipinski definition) is 2. The molecule has 0 bridgehead atoms. The van der Waals surface area contributed by atoms with Gasteiger partial charge in [-0.2, -0.15) is 0 Å². The second-order valence-electron chi connectivity index (χ2n) is 5.73. The summed E-state index contributed by atoms with van der Waals surface area (Å²) in [4.78, 5) is 12.1. The molecule has 2 aromatic rings. The molecule has 0 aliphatic heterocycles. The smallest absolute Gasteiger partial charge is 0.243 e. The minimum Gasteiger partial charge on any atom is -0.376 e. The van der Waals surface area contributed by atoms with E-state index in [0.29, 0.717) is 0 Å². The molecule has 0 atom stereocenters. The van der Waals surface area contributed by atoms with Gasteiger partial charge < -0.3 is 10.6 Å². The summed E-state index contributed by atoms with van der Waals surface area (Å²) >= 11 is 0. The lowest BCUT2D eigenvalue weighted by Gasteiger charge is -2.14. The lowest BCUT2D eigenvalue weighted by Crippen LogP contribution is -2.22. The Balaban J connectivity index is 1.95. The highest BCUT2D eigenvalue weighted by molar-refractivity contribution is 5.94. The van der Waals surface area contributed by atoms with Crippen molar-refractivity contribution >= 4 is 17.3 Å². The van der Waals surface area contributed by atoms with Crippen LogP contribution in [0.5, 0.6) is 0 Å². The highest BCUT2D eigenvalue weighted by atomic mass is 16.1. The zero-order chi connectivity index (χ0) is 16.1. The van der Waals surface area contributed by atoms with E-state index >= 15 is 0 Å². The molecular weight excluding hydrogens is 272 g/mol. The van der Waals surface area contributed by atoms with E-state index in [-0.39, 0.29) is 12.5 Å². The van der Waals surface area contributed by atoms with Crippen molar-refractivity contribution in [3.8, 4) is 0 Å². The van der Waals surface area contributed by atoms with Crippen LogP contribution in [-0.4, -0.2) is 12.5 Å². The zero-order valence-electron chi connectivity index (χ0n) is 13.8. The fourth-order valence-corrected chi connectivity index (χ4v) is 2.66. The Morgan fingerprint density at radius 3 is 2.14 bits per heavy atom. The molecule has 2 rings (SSSR count).